The van der Waals surface area contributed by atoms with Gasteiger partial charge in [0.2, 0.25) is 5.75 Å². The number of nitriles is 1. The molecule has 0 unspecified atom stereocenters. The average molecular weight is 316 g/mol. The molecule has 0 atom stereocenters. The summed E-state index contributed by atoms with van der Waals surface area (Å²) in [5.74, 6) is 0.106. The van der Waals surface area contributed by atoms with Gasteiger partial charge in [0.25, 0.3) is 0 Å². The van der Waals surface area contributed by atoms with E-state index in [2.05, 4.69) is 6.58 Å². The molecule has 0 fully saturated rings. The Morgan fingerprint density at radius 1 is 1.67 bits per heavy atom. The molecule has 0 aliphatic rings. The number of nitrogens with zero attached hydrogens (tertiary/aromatic N) is 2. The third-order valence-corrected chi connectivity index (χ3v) is 2.35. The van der Waals surface area contributed by atoms with E-state index in [4.69, 9.17) is 10.00 Å². The zero-order valence-corrected chi connectivity index (χ0v) is 9.59. The zero-order valence-electron chi connectivity index (χ0n) is 7.44. The van der Waals surface area contributed by atoms with Crippen LogP contribution in [-0.4, -0.2) is 4.92 Å². The normalized spacial score (nSPS) is 9.07. The monoisotopic (exact) mass is 316 g/mol. The molecule has 0 bridgehead atoms. The molecule has 0 saturated heterocycles. The van der Waals surface area contributed by atoms with E-state index >= 15 is 0 Å². The van der Waals surface area contributed by atoms with Crippen molar-refractivity contribution in [3.8, 4) is 11.8 Å². The first-order valence-electron chi connectivity index (χ1n) is 3.75. The third kappa shape index (κ3) is 2.44. The number of nitro benzene ring substituents is 1. The summed E-state index contributed by atoms with van der Waals surface area (Å²) in [5.41, 5.74) is -0.0131. The Hall–Kier alpha value is -1.62. The topological polar surface area (TPSA) is 76.2 Å². The lowest BCUT2D eigenvalue weighted by Gasteiger charge is -2.04. The molecule has 15 heavy (non-hydrogen) atoms. The fraction of sp³-hybridized carbons (Fsp3) is 0. The molecule has 0 spiro atoms. The van der Waals surface area contributed by atoms with E-state index in [1.807, 2.05) is 28.7 Å². The lowest BCUT2D eigenvalue weighted by Crippen LogP contribution is -1.96. The number of halogens is 1. The lowest BCUT2D eigenvalue weighted by atomic mass is 10.2. The van der Waals surface area contributed by atoms with Crippen molar-refractivity contribution in [1.29, 1.82) is 5.26 Å². The van der Waals surface area contributed by atoms with Gasteiger partial charge in [-0.1, -0.05) is 6.58 Å². The summed E-state index contributed by atoms with van der Waals surface area (Å²) >= 11 is 1.86. The summed E-state index contributed by atoms with van der Waals surface area (Å²) < 4.78 is 5.43. The van der Waals surface area contributed by atoms with Crippen LogP contribution in [-0.2, 0) is 0 Å². The smallest absolute Gasteiger partial charge is 0.313 e. The predicted octanol–water partition coefficient (Wildman–Crippen LogP) is 2.59. The number of hydrogen-bond acceptors (Lipinski definition) is 4. The Bertz CT molecular complexity index is 465. The lowest BCUT2D eigenvalue weighted by molar-refractivity contribution is -0.385. The Labute approximate surface area is 99.3 Å². The molecule has 1 aromatic carbocycles. The number of benzene rings is 1. The van der Waals surface area contributed by atoms with E-state index < -0.39 is 4.92 Å². The van der Waals surface area contributed by atoms with Gasteiger partial charge in [-0.05, 0) is 28.7 Å². The summed E-state index contributed by atoms with van der Waals surface area (Å²) in [6.07, 6.45) is 1.11. The highest BCUT2D eigenvalue weighted by Gasteiger charge is 2.19. The van der Waals surface area contributed by atoms with Gasteiger partial charge in [0, 0.05) is 6.07 Å². The molecule has 0 amide bonds. The van der Waals surface area contributed by atoms with Gasteiger partial charge < -0.3 is 4.74 Å². The van der Waals surface area contributed by atoms with Crippen molar-refractivity contribution in [2.24, 2.45) is 0 Å². The Morgan fingerprint density at radius 3 is 2.80 bits per heavy atom. The highest BCUT2D eigenvalue weighted by atomic mass is 127. The number of hydrogen-bond donors (Lipinski definition) is 0. The van der Waals surface area contributed by atoms with Crippen LogP contribution in [0, 0.1) is 25.0 Å². The van der Waals surface area contributed by atoms with Gasteiger partial charge in [0.05, 0.1) is 26.4 Å². The maximum Gasteiger partial charge on any atom is 0.313 e. The predicted molar refractivity (Wildman–Crippen MR) is 61.4 cm³/mol. The van der Waals surface area contributed by atoms with E-state index in [-0.39, 0.29) is 17.0 Å². The van der Waals surface area contributed by atoms with Gasteiger partial charge in [0.15, 0.2) is 0 Å². The Morgan fingerprint density at radius 2 is 2.33 bits per heavy atom. The van der Waals surface area contributed by atoms with Crippen molar-refractivity contribution in [2.75, 3.05) is 0 Å². The van der Waals surface area contributed by atoms with E-state index in [9.17, 15) is 10.1 Å². The molecule has 6 heteroatoms. The van der Waals surface area contributed by atoms with Crippen molar-refractivity contribution in [3.05, 3.63) is 44.2 Å². The van der Waals surface area contributed by atoms with Gasteiger partial charge in [-0.15, -0.1) is 0 Å². The van der Waals surface area contributed by atoms with Crippen molar-refractivity contribution in [3.63, 3.8) is 0 Å². The minimum atomic E-state index is -0.595. The van der Waals surface area contributed by atoms with E-state index in [1.165, 1.54) is 12.1 Å². The molecule has 0 aliphatic carbocycles. The molecule has 0 heterocycles. The molecule has 0 aromatic heterocycles. The molecule has 0 radical (unpaired) electrons. The van der Waals surface area contributed by atoms with Crippen LogP contribution in [0.2, 0.25) is 0 Å². The van der Waals surface area contributed by atoms with Crippen molar-refractivity contribution >= 4 is 28.3 Å². The number of rotatable bonds is 3. The first-order valence-corrected chi connectivity index (χ1v) is 4.83. The van der Waals surface area contributed by atoms with Crippen LogP contribution in [0.4, 0.5) is 5.69 Å². The molecule has 5 nitrogen and oxygen atoms in total. The third-order valence-electron chi connectivity index (χ3n) is 1.55. The minimum absolute atomic E-state index is 0.106. The zero-order chi connectivity index (χ0) is 11.4. The van der Waals surface area contributed by atoms with Crippen LogP contribution >= 0.6 is 22.6 Å². The quantitative estimate of drug-likeness (QED) is 0.372. The molecule has 0 saturated carbocycles. The molecular weight excluding hydrogens is 311 g/mol. The summed E-state index contributed by atoms with van der Waals surface area (Å²) in [6, 6.07) is 4.52. The Balaban J connectivity index is 3.43. The van der Waals surface area contributed by atoms with Crippen LogP contribution in [0.5, 0.6) is 5.75 Å². The molecule has 0 N–H and O–H groups in total. The van der Waals surface area contributed by atoms with Gasteiger partial charge in [-0.25, -0.2) is 0 Å². The molecule has 1 rings (SSSR count). The number of nitro groups is 1. The van der Waals surface area contributed by atoms with Crippen LogP contribution in [0.1, 0.15) is 5.56 Å². The second-order valence-electron chi connectivity index (χ2n) is 2.46. The SMILES string of the molecule is C=COc1c(I)cc(C#N)cc1[N+](=O)[O-]. The molecule has 76 valence electrons. The fourth-order valence-electron chi connectivity index (χ4n) is 0.979. The minimum Gasteiger partial charge on any atom is -0.457 e. The first-order chi connectivity index (χ1) is 7.10. The standard InChI is InChI=1S/C9H5IN2O3/c1-2-15-9-7(10)3-6(5-11)4-8(9)12(13)14/h2-4H,1H2. The second-order valence-corrected chi connectivity index (χ2v) is 3.62. The maximum absolute atomic E-state index is 10.7. The fourth-order valence-corrected chi connectivity index (χ4v) is 1.72. The van der Waals surface area contributed by atoms with E-state index in [0.717, 1.165) is 6.26 Å². The Kier molecular flexibility index (Phi) is 3.62. The average Bonchev–Trinajstić information content (AvgIpc) is 2.20. The van der Waals surface area contributed by atoms with Gasteiger partial charge in [0.1, 0.15) is 0 Å². The highest BCUT2D eigenvalue weighted by Crippen LogP contribution is 2.33. The van der Waals surface area contributed by atoms with Gasteiger partial charge in [-0.2, -0.15) is 5.26 Å². The van der Waals surface area contributed by atoms with Crippen LogP contribution in [0.3, 0.4) is 0 Å². The summed E-state index contributed by atoms with van der Waals surface area (Å²) in [7, 11) is 0. The van der Waals surface area contributed by atoms with Crippen LogP contribution in [0.25, 0.3) is 0 Å². The van der Waals surface area contributed by atoms with Crippen molar-refractivity contribution in [1.82, 2.24) is 0 Å². The largest absolute Gasteiger partial charge is 0.457 e. The summed E-state index contributed by atoms with van der Waals surface area (Å²) in [6.45, 7) is 3.33. The van der Waals surface area contributed by atoms with Crippen molar-refractivity contribution < 1.29 is 9.66 Å². The van der Waals surface area contributed by atoms with Crippen LogP contribution in [0.15, 0.2) is 25.0 Å². The molecule has 0 aliphatic heterocycles. The highest BCUT2D eigenvalue weighted by molar-refractivity contribution is 14.1. The van der Waals surface area contributed by atoms with Gasteiger partial charge >= 0.3 is 5.69 Å². The maximum atomic E-state index is 10.7. The molecular formula is C9H5IN2O3. The summed E-state index contributed by atoms with van der Waals surface area (Å²) in [5, 5.41) is 19.3. The number of ether oxygens (including phenoxy) is 1. The second kappa shape index (κ2) is 4.75. The van der Waals surface area contributed by atoms with Crippen LogP contribution < -0.4 is 4.74 Å². The van der Waals surface area contributed by atoms with Crippen molar-refractivity contribution in [2.45, 2.75) is 0 Å². The molecule has 1 aromatic rings. The van der Waals surface area contributed by atoms with Gasteiger partial charge in [-0.3, -0.25) is 10.1 Å². The first kappa shape index (κ1) is 11.5. The summed E-state index contributed by atoms with van der Waals surface area (Å²) in [4.78, 5) is 10.1. The van der Waals surface area contributed by atoms with E-state index in [1.54, 1.807) is 0 Å². The van der Waals surface area contributed by atoms with E-state index in [0.29, 0.717) is 3.57 Å².